The number of hydrogen-bond donors (Lipinski definition) is 1. The molecule has 2 aromatic heterocycles. The maximum Gasteiger partial charge on any atom is 0.237 e. The summed E-state index contributed by atoms with van der Waals surface area (Å²) in [5.74, 6) is 0.581. The minimum atomic E-state index is -0.327. The third-order valence-corrected chi connectivity index (χ3v) is 7.03. The third-order valence-electron chi connectivity index (χ3n) is 5.72. The summed E-state index contributed by atoms with van der Waals surface area (Å²) in [5.41, 5.74) is 4.53. The molecule has 1 N–H and O–H groups in total. The Labute approximate surface area is 202 Å². The van der Waals surface area contributed by atoms with Crippen LogP contribution in [0.15, 0.2) is 84.0 Å². The normalized spacial score (nSPS) is 12.2. The number of nitrogens with one attached hydrogen (secondary N) is 1. The van der Waals surface area contributed by atoms with Gasteiger partial charge in [-0.2, -0.15) is 4.52 Å². The summed E-state index contributed by atoms with van der Waals surface area (Å²) in [6.07, 6.45) is 1.62. The number of carbonyl (C=O) groups excluding carboxylic acids is 1. The third kappa shape index (κ3) is 4.39. The van der Waals surface area contributed by atoms with E-state index in [1.807, 2.05) is 85.8 Å². The molecule has 0 fully saturated rings. The van der Waals surface area contributed by atoms with Crippen LogP contribution in [-0.2, 0) is 11.2 Å². The van der Waals surface area contributed by atoms with E-state index in [-0.39, 0.29) is 11.2 Å². The van der Waals surface area contributed by atoms with E-state index in [4.69, 9.17) is 15.1 Å². The Bertz CT molecular complexity index is 1450. The summed E-state index contributed by atoms with van der Waals surface area (Å²) in [6, 6.07) is 25.8. The van der Waals surface area contributed by atoms with Crippen LogP contribution >= 0.6 is 11.8 Å². The quantitative estimate of drug-likeness (QED) is 0.234. The number of aromatic nitrogens is 4. The number of anilines is 1. The van der Waals surface area contributed by atoms with Crippen molar-refractivity contribution in [1.82, 2.24) is 19.6 Å². The van der Waals surface area contributed by atoms with Gasteiger partial charge >= 0.3 is 0 Å². The number of carbonyl (C=O) groups is 1. The highest BCUT2D eigenvalue weighted by Crippen LogP contribution is 2.30. The van der Waals surface area contributed by atoms with Gasteiger partial charge in [-0.3, -0.25) is 4.79 Å². The smallest absolute Gasteiger partial charge is 0.237 e. The molecule has 0 spiro atoms. The van der Waals surface area contributed by atoms with Crippen LogP contribution in [-0.4, -0.2) is 30.7 Å². The number of para-hydroxylation sites is 1. The molecule has 0 radical (unpaired) electrons. The van der Waals surface area contributed by atoms with E-state index in [0.717, 1.165) is 34.2 Å². The van der Waals surface area contributed by atoms with E-state index in [0.29, 0.717) is 17.4 Å². The molecule has 3 aromatic carbocycles. The van der Waals surface area contributed by atoms with Crippen molar-refractivity contribution < 1.29 is 4.79 Å². The zero-order valence-electron chi connectivity index (χ0n) is 19.1. The summed E-state index contributed by atoms with van der Waals surface area (Å²) in [7, 11) is 0. The number of nitrogens with zero attached hydrogens (tertiary/aromatic N) is 4. The standard InChI is InChI=1S/C27H25N5OS/c1-3-18-14-16-20(17-15-18)28-26(33)23(4-2)34-27-29-22-13-9-8-12-21(22)25-30-24(31-32(25)27)19-10-6-5-7-11-19/h5-17,23H,3-4H2,1-2H3,(H,28,33). The fourth-order valence-corrected chi connectivity index (χ4v) is 4.78. The second-order valence-electron chi connectivity index (χ2n) is 8.00. The Morgan fingerprint density at radius 3 is 2.41 bits per heavy atom. The SMILES string of the molecule is CCc1ccc(NC(=O)C(CC)Sc2nc3ccccc3c3nc(-c4ccccc4)nn23)cc1. The molecule has 1 atom stereocenters. The first-order valence-corrected chi connectivity index (χ1v) is 12.3. The number of aryl methyl sites for hydroxylation is 1. The van der Waals surface area contributed by atoms with Gasteiger partial charge < -0.3 is 5.32 Å². The van der Waals surface area contributed by atoms with Crippen molar-refractivity contribution in [1.29, 1.82) is 0 Å². The zero-order valence-corrected chi connectivity index (χ0v) is 19.9. The molecule has 5 aromatic rings. The fraction of sp³-hybridized carbons (Fsp3) is 0.185. The average molecular weight is 468 g/mol. The monoisotopic (exact) mass is 467 g/mol. The Balaban J connectivity index is 1.50. The van der Waals surface area contributed by atoms with Crippen LogP contribution in [0.5, 0.6) is 0 Å². The van der Waals surface area contributed by atoms with Gasteiger partial charge in [-0.1, -0.05) is 80.2 Å². The number of benzene rings is 3. The molecule has 6 nitrogen and oxygen atoms in total. The van der Waals surface area contributed by atoms with Crippen molar-refractivity contribution in [3.05, 3.63) is 84.4 Å². The Morgan fingerprint density at radius 1 is 0.941 bits per heavy atom. The molecule has 170 valence electrons. The molecule has 34 heavy (non-hydrogen) atoms. The predicted octanol–water partition coefficient (Wildman–Crippen LogP) is 6.02. The lowest BCUT2D eigenvalue weighted by Crippen LogP contribution is -2.25. The first kappa shape index (κ1) is 22.1. The average Bonchev–Trinajstić information content (AvgIpc) is 3.34. The zero-order chi connectivity index (χ0) is 23.5. The van der Waals surface area contributed by atoms with Crippen molar-refractivity contribution in [2.45, 2.75) is 37.1 Å². The van der Waals surface area contributed by atoms with Gasteiger partial charge in [-0.15, -0.1) is 5.10 Å². The van der Waals surface area contributed by atoms with Gasteiger partial charge in [0.25, 0.3) is 0 Å². The lowest BCUT2D eigenvalue weighted by molar-refractivity contribution is -0.115. The summed E-state index contributed by atoms with van der Waals surface area (Å²) in [6.45, 7) is 4.12. The molecule has 1 unspecified atom stereocenters. The molecular weight excluding hydrogens is 442 g/mol. The molecule has 5 rings (SSSR count). The topological polar surface area (TPSA) is 72.2 Å². The van der Waals surface area contributed by atoms with Gasteiger partial charge in [0.1, 0.15) is 0 Å². The molecular formula is C27H25N5OS. The Morgan fingerprint density at radius 2 is 1.68 bits per heavy atom. The van der Waals surface area contributed by atoms with Crippen LogP contribution in [0.2, 0.25) is 0 Å². The number of thioether (sulfide) groups is 1. The van der Waals surface area contributed by atoms with Gasteiger partial charge in [0.2, 0.25) is 5.91 Å². The number of fused-ring (bicyclic) bond motifs is 3. The van der Waals surface area contributed by atoms with E-state index >= 15 is 0 Å². The van der Waals surface area contributed by atoms with Crippen LogP contribution in [0.1, 0.15) is 25.8 Å². The summed E-state index contributed by atoms with van der Waals surface area (Å²) < 4.78 is 1.77. The van der Waals surface area contributed by atoms with Gasteiger partial charge in [-0.05, 0) is 42.7 Å². The highest BCUT2D eigenvalue weighted by atomic mass is 32.2. The van der Waals surface area contributed by atoms with Gasteiger partial charge in [0.05, 0.1) is 10.8 Å². The molecule has 7 heteroatoms. The number of amides is 1. The first-order chi connectivity index (χ1) is 16.7. The maximum absolute atomic E-state index is 13.1. The summed E-state index contributed by atoms with van der Waals surface area (Å²) in [5, 5.41) is 9.07. The highest BCUT2D eigenvalue weighted by Gasteiger charge is 2.23. The van der Waals surface area contributed by atoms with Crippen molar-refractivity contribution in [3.8, 4) is 11.4 Å². The van der Waals surface area contributed by atoms with E-state index in [1.54, 1.807) is 4.52 Å². The lowest BCUT2D eigenvalue weighted by Gasteiger charge is -2.15. The van der Waals surface area contributed by atoms with E-state index < -0.39 is 0 Å². The highest BCUT2D eigenvalue weighted by molar-refractivity contribution is 8.00. The lowest BCUT2D eigenvalue weighted by atomic mass is 10.1. The number of rotatable bonds is 7. The van der Waals surface area contributed by atoms with E-state index in [1.165, 1.54) is 17.3 Å². The largest absolute Gasteiger partial charge is 0.325 e. The van der Waals surface area contributed by atoms with Crippen molar-refractivity contribution in [2.24, 2.45) is 0 Å². The molecule has 0 saturated carbocycles. The maximum atomic E-state index is 13.1. The second kappa shape index (κ2) is 9.65. The van der Waals surface area contributed by atoms with Gasteiger partial charge in [-0.25, -0.2) is 9.97 Å². The molecule has 0 aliphatic carbocycles. The number of hydrogen-bond acceptors (Lipinski definition) is 5. The summed E-state index contributed by atoms with van der Waals surface area (Å²) >= 11 is 1.41. The molecule has 2 heterocycles. The Hall–Kier alpha value is -3.71. The van der Waals surface area contributed by atoms with E-state index in [2.05, 4.69) is 12.2 Å². The minimum Gasteiger partial charge on any atom is -0.325 e. The molecule has 0 saturated heterocycles. The predicted molar refractivity (Wildman–Crippen MR) is 138 cm³/mol. The summed E-state index contributed by atoms with van der Waals surface area (Å²) in [4.78, 5) is 22.8. The van der Waals surface area contributed by atoms with Crippen LogP contribution in [0.4, 0.5) is 5.69 Å². The van der Waals surface area contributed by atoms with Crippen LogP contribution in [0.3, 0.4) is 0 Å². The van der Waals surface area contributed by atoms with Crippen molar-refractivity contribution >= 4 is 39.9 Å². The minimum absolute atomic E-state index is 0.0525. The fourth-order valence-electron chi connectivity index (χ4n) is 3.81. The molecule has 0 aliphatic rings. The van der Waals surface area contributed by atoms with Crippen molar-refractivity contribution in [3.63, 3.8) is 0 Å². The van der Waals surface area contributed by atoms with Crippen LogP contribution < -0.4 is 5.32 Å². The second-order valence-corrected chi connectivity index (χ2v) is 9.17. The Kier molecular flexibility index (Phi) is 6.27. The van der Waals surface area contributed by atoms with Crippen LogP contribution in [0.25, 0.3) is 27.9 Å². The molecule has 0 aliphatic heterocycles. The first-order valence-electron chi connectivity index (χ1n) is 11.4. The van der Waals surface area contributed by atoms with Crippen LogP contribution in [0, 0.1) is 0 Å². The van der Waals surface area contributed by atoms with Crippen molar-refractivity contribution in [2.75, 3.05) is 5.32 Å². The molecule has 0 bridgehead atoms. The molecule has 1 amide bonds. The van der Waals surface area contributed by atoms with E-state index in [9.17, 15) is 4.79 Å². The van der Waals surface area contributed by atoms with Gasteiger partial charge in [0.15, 0.2) is 16.6 Å². The van der Waals surface area contributed by atoms with Gasteiger partial charge in [0, 0.05) is 16.6 Å².